The van der Waals surface area contributed by atoms with Crippen molar-refractivity contribution in [3.05, 3.63) is 12.2 Å². The highest BCUT2D eigenvalue weighted by Gasteiger charge is 2.22. The molecule has 0 rings (SSSR count). The molecule has 0 saturated carbocycles. The molecule has 1 atom stereocenters. The maximum atomic E-state index is 12.2. The Labute approximate surface area is 269 Å². The van der Waals surface area contributed by atoms with Crippen molar-refractivity contribution >= 4 is 19.8 Å². The number of carbonyl (C=O) groups excluding carboxylic acids is 2. The van der Waals surface area contributed by atoms with Crippen LogP contribution in [-0.4, -0.2) is 41.0 Å². The van der Waals surface area contributed by atoms with Crippen molar-refractivity contribution in [2.24, 2.45) is 0 Å². The predicted molar refractivity (Wildman–Crippen MR) is 179 cm³/mol. The Kier molecular flexibility index (Phi) is 30.9. The Balaban J connectivity index is 3.84. The van der Waals surface area contributed by atoms with Crippen molar-refractivity contribution < 1.29 is 37.9 Å². The first-order valence-electron chi connectivity index (χ1n) is 18.0. The lowest BCUT2D eigenvalue weighted by atomic mass is 10.1. The van der Waals surface area contributed by atoms with E-state index in [1.807, 2.05) is 0 Å². The van der Waals surface area contributed by atoms with Crippen molar-refractivity contribution in [3.8, 4) is 0 Å². The summed E-state index contributed by atoms with van der Waals surface area (Å²) < 4.78 is 26.1. The number of hydrogen-bond donors (Lipinski definition) is 2. The number of unbranched alkanes of at least 4 members (excludes halogenated alkanes) is 21. The van der Waals surface area contributed by atoms with E-state index < -0.39 is 32.5 Å². The second-order valence-corrected chi connectivity index (χ2v) is 13.4. The Morgan fingerprint density at radius 2 is 0.955 bits per heavy atom. The van der Waals surface area contributed by atoms with Gasteiger partial charge in [-0.05, 0) is 38.5 Å². The summed E-state index contributed by atoms with van der Waals surface area (Å²) in [5.74, 6) is -0.889. The molecule has 0 bridgehead atoms. The first kappa shape index (κ1) is 42.8. The highest BCUT2D eigenvalue weighted by atomic mass is 31.2. The van der Waals surface area contributed by atoms with Crippen LogP contribution in [0.15, 0.2) is 12.2 Å². The predicted octanol–water partition coefficient (Wildman–Crippen LogP) is 10.3. The minimum Gasteiger partial charge on any atom is -0.462 e. The number of hydrogen-bond acceptors (Lipinski definition) is 6. The van der Waals surface area contributed by atoms with Gasteiger partial charge in [-0.1, -0.05) is 142 Å². The number of phosphoric acid groups is 1. The van der Waals surface area contributed by atoms with Crippen LogP contribution in [0.2, 0.25) is 0 Å². The third-order valence-corrected chi connectivity index (χ3v) is 8.27. The normalized spacial score (nSPS) is 12.5. The molecule has 0 aliphatic heterocycles. The van der Waals surface area contributed by atoms with E-state index in [1.54, 1.807) is 0 Å². The second-order valence-electron chi connectivity index (χ2n) is 12.2. The van der Waals surface area contributed by atoms with Crippen LogP contribution in [0.5, 0.6) is 0 Å². The van der Waals surface area contributed by atoms with Crippen molar-refractivity contribution in [1.82, 2.24) is 0 Å². The number of carbonyl (C=O) groups is 2. The Morgan fingerprint density at radius 1 is 0.568 bits per heavy atom. The van der Waals surface area contributed by atoms with Gasteiger partial charge in [0.05, 0.1) is 6.61 Å². The van der Waals surface area contributed by atoms with Crippen molar-refractivity contribution in [2.75, 3.05) is 13.2 Å². The Hall–Kier alpha value is -1.21. The van der Waals surface area contributed by atoms with Crippen LogP contribution in [-0.2, 0) is 28.2 Å². The monoisotopic (exact) mass is 646 g/mol. The fraction of sp³-hybridized carbons (Fsp3) is 0.886. The fourth-order valence-corrected chi connectivity index (χ4v) is 5.43. The average molecular weight is 647 g/mol. The minimum absolute atomic E-state index is 0.213. The van der Waals surface area contributed by atoms with Gasteiger partial charge in [0.2, 0.25) is 0 Å². The molecule has 0 aromatic heterocycles. The van der Waals surface area contributed by atoms with E-state index in [2.05, 4.69) is 30.5 Å². The molecule has 260 valence electrons. The summed E-state index contributed by atoms with van der Waals surface area (Å²) in [5.41, 5.74) is 0. The molecule has 2 N–H and O–H groups in total. The summed E-state index contributed by atoms with van der Waals surface area (Å²) in [6.45, 7) is 3.61. The van der Waals surface area contributed by atoms with Crippen molar-refractivity contribution in [3.63, 3.8) is 0 Å². The quantitative estimate of drug-likeness (QED) is 0.0313. The van der Waals surface area contributed by atoms with Gasteiger partial charge >= 0.3 is 19.8 Å². The van der Waals surface area contributed by atoms with Crippen molar-refractivity contribution in [1.29, 1.82) is 0 Å². The van der Waals surface area contributed by atoms with Gasteiger partial charge in [-0.15, -0.1) is 0 Å². The van der Waals surface area contributed by atoms with Crippen LogP contribution < -0.4 is 0 Å². The van der Waals surface area contributed by atoms with Gasteiger partial charge in [-0.2, -0.15) is 0 Å². The molecule has 0 fully saturated rings. The lowest BCUT2D eigenvalue weighted by Crippen LogP contribution is -2.29. The first-order valence-corrected chi connectivity index (χ1v) is 19.5. The van der Waals surface area contributed by atoms with E-state index in [-0.39, 0.29) is 19.4 Å². The molecule has 9 heteroatoms. The summed E-state index contributed by atoms with van der Waals surface area (Å²) in [5, 5.41) is 0. The van der Waals surface area contributed by atoms with Crippen LogP contribution in [0.1, 0.15) is 181 Å². The van der Waals surface area contributed by atoms with Crippen molar-refractivity contribution in [2.45, 2.75) is 187 Å². The molecular formula is C35H67O8P. The Morgan fingerprint density at radius 3 is 1.39 bits per heavy atom. The number of esters is 2. The summed E-state index contributed by atoms with van der Waals surface area (Å²) in [4.78, 5) is 42.4. The molecule has 0 spiro atoms. The third kappa shape index (κ3) is 33.7. The Bertz CT molecular complexity index is 736. The second kappa shape index (κ2) is 31.8. The van der Waals surface area contributed by atoms with Gasteiger partial charge < -0.3 is 19.3 Å². The van der Waals surface area contributed by atoms with E-state index in [1.165, 1.54) is 109 Å². The third-order valence-electron chi connectivity index (χ3n) is 7.78. The van der Waals surface area contributed by atoms with Crippen LogP contribution >= 0.6 is 7.82 Å². The molecule has 0 saturated heterocycles. The number of allylic oxidation sites excluding steroid dienone is 2. The molecule has 0 aliphatic carbocycles. The van der Waals surface area contributed by atoms with Gasteiger partial charge in [0.15, 0.2) is 6.10 Å². The van der Waals surface area contributed by atoms with E-state index >= 15 is 0 Å². The molecule has 0 amide bonds. The van der Waals surface area contributed by atoms with Crippen LogP contribution in [0, 0.1) is 0 Å². The lowest BCUT2D eigenvalue weighted by molar-refractivity contribution is -0.161. The summed E-state index contributed by atoms with van der Waals surface area (Å²) in [6, 6.07) is 0. The number of phosphoric ester groups is 1. The number of ether oxygens (including phenoxy) is 2. The summed E-state index contributed by atoms with van der Waals surface area (Å²) >= 11 is 0. The standard InChI is InChI=1S/C35H67O8P/c1-3-5-7-9-11-12-13-14-15-16-17-18-19-20-21-22-24-25-27-29-34(36)41-31-33(32-42-44(38,39)40)43-35(37)30-28-26-23-10-8-6-4-2/h14-15,33H,3-13,16-32H2,1-2H3,(H2,38,39,40)/b15-14+/t33-/m1/s1. The highest BCUT2D eigenvalue weighted by molar-refractivity contribution is 7.46. The summed E-state index contributed by atoms with van der Waals surface area (Å²) in [6.07, 6.45) is 32.5. The van der Waals surface area contributed by atoms with Gasteiger partial charge in [0.25, 0.3) is 0 Å². The van der Waals surface area contributed by atoms with Crippen LogP contribution in [0.4, 0.5) is 0 Å². The molecule has 0 aromatic carbocycles. The SMILES string of the molecule is CCCCCCCC/C=C/CCCCCCCCCCCC(=O)OC[C@H](COP(=O)(O)O)OC(=O)CCCCCCCCC. The maximum Gasteiger partial charge on any atom is 0.469 e. The van der Waals surface area contributed by atoms with E-state index in [9.17, 15) is 14.2 Å². The zero-order valence-electron chi connectivity index (χ0n) is 28.3. The molecule has 0 aromatic rings. The van der Waals surface area contributed by atoms with Gasteiger partial charge in [0.1, 0.15) is 6.61 Å². The van der Waals surface area contributed by atoms with Gasteiger partial charge in [-0.3, -0.25) is 14.1 Å². The lowest BCUT2D eigenvalue weighted by Gasteiger charge is -2.18. The zero-order valence-corrected chi connectivity index (χ0v) is 29.2. The molecule has 0 unspecified atom stereocenters. The topological polar surface area (TPSA) is 119 Å². The molecular weight excluding hydrogens is 579 g/mol. The fourth-order valence-electron chi connectivity index (χ4n) is 5.07. The molecule has 0 aliphatic rings. The largest absolute Gasteiger partial charge is 0.469 e. The number of rotatable bonds is 33. The maximum absolute atomic E-state index is 12.2. The molecule has 0 heterocycles. The van der Waals surface area contributed by atoms with Crippen LogP contribution in [0.3, 0.4) is 0 Å². The average Bonchev–Trinajstić information content (AvgIpc) is 2.98. The van der Waals surface area contributed by atoms with Gasteiger partial charge in [-0.25, -0.2) is 4.57 Å². The zero-order chi connectivity index (χ0) is 32.6. The van der Waals surface area contributed by atoms with E-state index in [0.29, 0.717) is 6.42 Å². The summed E-state index contributed by atoms with van der Waals surface area (Å²) in [7, 11) is -4.73. The molecule has 44 heavy (non-hydrogen) atoms. The smallest absolute Gasteiger partial charge is 0.462 e. The van der Waals surface area contributed by atoms with E-state index in [0.717, 1.165) is 38.5 Å². The molecule has 8 nitrogen and oxygen atoms in total. The molecule has 0 radical (unpaired) electrons. The van der Waals surface area contributed by atoms with E-state index in [4.69, 9.17) is 19.3 Å². The minimum atomic E-state index is -4.73. The van der Waals surface area contributed by atoms with Crippen LogP contribution in [0.25, 0.3) is 0 Å². The first-order chi connectivity index (χ1) is 21.3. The highest BCUT2D eigenvalue weighted by Crippen LogP contribution is 2.36. The van der Waals surface area contributed by atoms with Gasteiger partial charge in [0, 0.05) is 12.8 Å².